The fourth-order valence-corrected chi connectivity index (χ4v) is 3.93. The average Bonchev–Trinajstić information content (AvgIpc) is 2.77. The summed E-state index contributed by atoms with van der Waals surface area (Å²) < 4.78 is 5.71. The Labute approximate surface area is 105 Å². The van der Waals surface area contributed by atoms with Crippen LogP contribution in [0.3, 0.4) is 0 Å². The van der Waals surface area contributed by atoms with Crippen LogP contribution in [0.5, 0.6) is 0 Å². The number of hydrogen-bond acceptors (Lipinski definition) is 3. The molecular weight excluding hydrogens is 212 g/mol. The maximum Gasteiger partial charge on any atom is 0.0551 e. The van der Waals surface area contributed by atoms with Crippen LogP contribution >= 0.6 is 0 Å². The van der Waals surface area contributed by atoms with Gasteiger partial charge in [0, 0.05) is 12.0 Å². The van der Waals surface area contributed by atoms with E-state index in [1.165, 1.54) is 38.5 Å². The summed E-state index contributed by atoms with van der Waals surface area (Å²) in [5.41, 5.74) is 3.12. The van der Waals surface area contributed by atoms with Gasteiger partial charge in [0.25, 0.3) is 0 Å². The van der Waals surface area contributed by atoms with Crippen molar-refractivity contribution in [3.8, 4) is 0 Å². The third-order valence-corrected chi connectivity index (χ3v) is 4.88. The van der Waals surface area contributed by atoms with Crippen molar-refractivity contribution < 1.29 is 4.74 Å². The summed E-state index contributed by atoms with van der Waals surface area (Å²) in [6.07, 6.45) is 8.40. The average molecular weight is 240 g/mol. The van der Waals surface area contributed by atoms with Gasteiger partial charge in [-0.1, -0.05) is 32.6 Å². The van der Waals surface area contributed by atoms with Crippen molar-refractivity contribution in [1.29, 1.82) is 0 Å². The molecule has 5 atom stereocenters. The Bertz CT molecular complexity index is 234. The van der Waals surface area contributed by atoms with E-state index in [2.05, 4.69) is 19.3 Å². The van der Waals surface area contributed by atoms with Crippen molar-refractivity contribution in [2.24, 2.45) is 23.6 Å². The first-order chi connectivity index (χ1) is 8.26. The molecule has 0 amide bonds. The predicted octanol–water partition coefficient (Wildman–Crippen LogP) is 2.46. The van der Waals surface area contributed by atoms with E-state index in [0.717, 1.165) is 18.4 Å². The van der Waals surface area contributed by atoms with Gasteiger partial charge in [-0.2, -0.15) is 0 Å². The Hall–Kier alpha value is -0.120. The lowest BCUT2D eigenvalue weighted by Crippen LogP contribution is -2.49. The van der Waals surface area contributed by atoms with E-state index in [1.54, 1.807) is 0 Å². The molecule has 1 aliphatic carbocycles. The fourth-order valence-electron chi connectivity index (χ4n) is 3.93. The first-order valence-corrected chi connectivity index (χ1v) is 7.34. The highest BCUT2D eigenvalue weighted by molar-refractivity contribution is 4.90. The van der Waals surface area contributed by atoms with E-state index in [0.29, 0.717) is 18.1 Å². The molecule has 0 bridgehead atoms. The summed E-state index contributed by atoms with van der Waals surface area (Å²) in [5, 5.41) is 0. The van der Waals surface area contributed by atoms with Crippen LogP contribution in [0.2, 0.25) is 0 Å². The molecule has 3 heteroatoms. The standard InChI is InChI=1S/C14H28N2O/c1-3-11-6-4-5-7-13(11)14(16-15)12-8-10(2)17-9-12/h10-14,16H,3-9,15H2,1-2H3. The summed E-state index contributed by atoms with van der Waals surface area (Å²) in [4.78, 5) is 0. The number of hydrazine groups is 1. The summed E-state index contributed by atoms with van der Waals surface area (Å²) in [7, 11) is 0. The number of rotatable bonds is 4. The van der Waals surface area contributed by atoms with Crippen LogP contribution in [-0.4, -0.2) is 18.8 Å². The van der Waals surface area contributed by atoms with Crippen LogP contribution in [0.15, 0.2) is 0 Å². The topological polar surface area (TPSA) is 47.3 Å². The minimum absolute atomic E-state index is 0.416. The molecule has 17 heavy (non-hydrogen) atoms. The summed E-state index contributed by atoms with van der Waals surface area (Å²) in [6.45, 7) is 5.39. The Balaban J connectivity index is 2.00. The van der Waals surface area contributed by atoms with Crippen LogP contribution in [0, 0.1) is 17.8 Å². The molecule has 2 fully saturated rings. The van der Waals surface area contributed by atoms with Crippen LogP contribution in [0.25, 0.3) is 0 Å². The maximum absolute atomic E-state index is 5.84. The summed E-state index contributed by atoms with van der Waals surface area (Å²) >= 11 is 0. The highest BCUT2D eigenvalue weighted by Gasteiger charge is 2.37. The van der Waals surface area contributed by atoms with Crippen molar-refractivity contribution in [2.75, 3.05) is 6.61 Å². The lowest BCUT2D eigenvalue weighted by atomic mass is 9.70. The second-order valence-corrected chi connectivity index (χ2v) is 5.95. The van der Waals surface area contributed by atoms with Gasteiger partial charge in [-0.15, -0.1) is 0 Å². The molecule has 5 unspecified atom stereocenters. The Kier molecular flexibility index (Phi) is 4.83. The molecular formula is C14H28N2O. The van der Waals surface area contributed by atoms with Crippen LogP contribution in [0.1, 0.15) is 52.4 Å². The van der Waals surface area contributed by atoms with Crippen molar-refractivity contribution >= 4 is 0 Å². The fraction of sp³-hybridized carbons (Fsp3) is 1.00. The van der Waals surface area contributed by atoms with Gasteiger partial charge in [0.15, 0.2) is 0 Å². The van der Waals surface area contributed by atoms with Crippen LogP contribution in [0.4, 0.5) is 0 Å². The molecule has 1 saturated heterocycles. The largest absolute Gasteiger partial charge is 0.378 e. The van der Waals surface area contributed by atoms with Gasteiger partial charge in [-0.25, -0.2) is 0 Å². The summed E-state index contributed by atoms with van der Waals surface area (Å²) in [6, 6.07) is 0.463. The molecule has 0 spiro atoms. The van der Waals surface area contributed by atoms with Crippen LogP contribution < -0.4 is 11.3 Å². The van der Waals surface area contributed by atoms with E-state index < -0.39 is 0 Å². The predicted molar refractivity (Wildman–Crippen MR) is 70.4 cm³/mol. The second-order valence-electron chi connectivity index (χ2n) is 5.95. The molecule has 0 aromatic carbocycles. The molecule has 3 nitrogen and oxygen atoms in total. The third-order valence-electron chi connectivity index (χ3n) is 4.88. The zero-order valence-electron chi connectivity index (χ0n) is 11.3. The van der Waals surface area contributed by atoms with E-state index in [4.69, 9.17) is 10.6 Å². The maximum atomic E-state index is 5.84. The van der Waals surface area contributed by atoms with E-state index in [-0.39, 0.29) is 0 Å². The molecule has 0 radical (unpaired) electrons. The normalized spacial score (nSPS) is 40.4. The molecule has 1 saturated carbocycles. The third kappa shape index (κ3) is 3.01. The quantitative estimate of drug-likeness (QED) is 0.586. The van der Waals surface area contributed by atoms with Gasteiger partial charge in [0.2, 0.25) is 0 Å². The zero-order valence-corrected chi connectivity index (χ0v) is 11.3. The molecule has 2 rings (SSSR count). The van der Waals surface area contributed by atoms with Gasteiger partial charge in [-0.3, -0.25) is 11.3 Å². The summed E-state index contributed by atoms with van der Waals surface area (Å²) in [5.74, 6) is 8.08. The SMILES string of the molecule is CCC1CCCCC1C(NN)C1COC(C)C1. The molecule has 100 valence electrons. The minimum Gasteiger partial charge on any atom is -0.378 e. The van der Waals surface area contributed by atoms with Gasteiger partial charge in [-0.05, 0) is 31.6 Å². The first kappa shape index (κ1) is 13.3. The number of nitrogens with one attached hydrogen (secondary N) is 1. The highest BCUT2D eigenvalue weighted by atomic mass is 16.5. The van der Waals surface area contributed by atoms with E-state index >= 15 is 0 Å². The number of ether oxygens (including phenoxy) is 1. The van der Waals surface area contributed by atoms with Gasteiger partial charge in [0.1, 0.15) is 0 Å². The van der Waals surface area contributed by atoms with E-state index in [9.17, 15) is 0 Å². The lowest BCUT2D eigenvalue weighted by Gasteiger charge is -2.39. The Morgan fingerprint density at radius 1 is 1.35 bits per heavy atom. The number of hydrogen-bond donors (Lipinski definition) is 2. The van der Waals surface area contributed by atoms with Crippen molar-refractivity contribution in [2.45, 2.75) is 64.5 Å². The Morgan fingerprint density at radius 2 is 2.12 bits per heavy atom. The highest BCUT2D eigenvalue weighted by Crippen LogP contribution is 2.38. The monoisotopic (exact) mass is 240 g/mol. The molecule has 1 aliphatic heterocycles. The molecule has 1 heterocycles. The Morgan fingerprint density at radius 3 is 2.71 bits per heavy atom. The molecule has 2 aliphatic rings. The smallest absolute Gasteiger partial charge is 0.0551 e. The van der Waals surface area contributed by atoms with Crippen molar-refractivity contribution in [3.63, 3.8) is 0 Å². The molecule has 0 aromatic rings. The zero-order chi connectivity index (χ0) is 12.3. The van der Waals surface area contributed by atoms with Crippen molar-refractivity contribution in [3.05, 3.63) is 0 Å². The molecule has 3 N–H and O–H groups in total. The van der Waals surface area contributed by atoms with Gasteiger partial charge in [0.05, 0.1) is 12.7 Å². The van der Waals surface area contributed by atoms with Crippen LogP contribution in [-0.2, 0) is 4.74 Å². The minimum atomic E-state index is 0.416. The second kappa shape index (κ2) is 6.17. The lowest BCUT2D eigenvalue weighted by molar-refractivity contribution is 0.0995. The number of nitrogens with two attached hydrogens (primary N) is 1. The van der Waals surface area contributed by atoms with Crippen molar-refractivity contribution in [1.82, 2.24) is 5.43 Å². The first-order valence-electron chi connectivity index (χ1n) is 7.34. The van der Waals surface area contributed by atoms with Gasteiger partial charge < -0.3 is 4.74 Å². The molecule has 0 aromatic heterocycles. The van der Waals surface area contributed by atoms with Gasteiger partial charge >= 0.3 is 0 Å². The van der Waals surface area contributed by atoms with E-state index in [1.807, 2.05) is 0 Å².